The summed E-state index contributed by atoms with van der Waals surface area (Å²) in [6.45, 7) is 2.65. The van der Waals surface area contributed by atoms with Crippen molar-refractivity contribution >= 4 is 16.9 Å². The van der Waals surface area contributed by atoms with Crippen molar-refractivity contribution in [3.05, 3.63) is 36.4 Å². The molecule has 1 saturated heterocycles. The number of rotatable bonds is 0. The molecule has 1 atom stereocenters. The van der Waals surface area contributed by atoms with Crippen LogP contribution in [-0.4, -0.2) is 29.0 Å². The summed E-state index contributed by atoms with van der Waals surface area (Å²) in [5.41, 5.74) is 0. The van der Waals surface area contributed by atoms with Crippen molar-refractivity contribution in [2.24, 2.45) is 0 Å². The predicted molar refractivity (Wildman–Crippen MR) is 61.1 cm³/mol. The van der Waals surface area contributed by atoms with E-state index in [1.54, 1.807) is 0 Å². The van der Waals surface area contributed by atoms with E-state index in [0.717, 1.165) is 0 Å². The zero-order valence-electron chi connectivity index (χ0n) is 8.51. The molecule has 2 rings (SSSR count). The fourth-order valence-electron chi connectivity index (χ4n) is 1.03. The van der Waals surface area contributed by atoms with Gasteiger partial charge in [-0.1, -0.05) is 48.2 Å². The molecule has 1 unspecified atom stereocenters. The van der Waals surface area contributed by atoms with Gasteiger partial charge in [0, 0.05) is 0 Å². The van der Waals surface area contributed by atoms with E-state index in [9.17, 15) is 4.79 Å². The number of benzene rings is 1. The summed E-state index contributed by atoms with van der Waals surface area (Å²) in [5, 5.41) is 0.683. The summed E-state index contributed by atoms with van der Waals surface area (Å²) in [4.78, 5) is 12.6. The fraction of sp³-hybridized carbons (Fsp3) is 0.364. The summed E-state index contributed by atoms with van der Waals surface area (Å²) in [5.74, 6) is 0. The molecule has 0 aromatic heterocycles. The first-order valence-corrected chi connectivity index (χ1v) is 5.48. The molecule has 1 aliphatic rings. The van der Waals surface area contributed by atoms with Gasteiger partial charge in [0.1, 0.15) is 0 Å². The second-order valence-corrected chi connectivity index (χ2v) is 4.53. The number of nitrogens with zero attached hydrogens (tertiary/aromatic N) is 1. The topological polar surface area (TPSA) is 20.3 Å². The van der Waals surface area contributed by atoms with E-state index in [0.29, 0.717) is 17.0 Å². The van der Waals surface area contributed by atoms with Crippen LogP contribution in [0.1, 0.15) is 6.92 Å². The highest BCUT2D eigenvalue weighted by Crippen LogP contribution is 2.21. The van der Waals surface area contributed by atoms with E-state index in [2.05, 4.69) is 0 Å². The van der Waals surface area contributed by atoms with E-state index in [-0.39, 0.29) is 0 Å². The van der Waals surface area contributed by atoms with E-state index in [1.807, 2.05) is 55.3 Å². The lowest BCUT2D eigenvalue weighted by molar-refractivity contribution is -0.110. The molecule has 0 radical (unpaired) electrons. The Hall–Kier alpha value is -0.800. The third kappa shape index (κ3) is 3.94. The van der Waals surface area contributed by atoms with Crippen LogP contribution in [-0.2, 0) is 4.79 Å². The van der Waals surface area contributed by atoms with Gasteiger partial charge in [0.2, 0.25) is 5.12 Å². The number of carbonyl (C=O) groups excluding carboxylic acids is 1. The van der Waals surface area contributed by atoms with Gasteiger partial charge in [-0.2, -0.15) is 0 Å². The minimum Gasteiger partial charge on any atom is -0.286 e. The Labute approximate surface area is 89.3 Å². The number of hydrogen-bond donors (Lipinski definition) is 0. The van der Waals surface area contributed by atoms with Crippen LogP contribution in [0, 0.1) is 0 Å². The summed E-state index contributed by atoms with van der Waals surface area (Å²) < 4.78 is 0. The summed E-state index contributed by atoms with van der Waals surface area (Å²) >= 11 is 1.42. The molecule has 1 aliphatic heterocycles. The van der Waals surface area contributed by atoms with Crippen LogP contribution in [0.3, 0.4) is 0 Å². The molecular formula is C11H15NOS. The van der Waals surface area contributed by atoms with Gasteiger partial charge in [-0.3, -0.25) is 9.69 Å². The first-order chi connectivity index (χ1) is 6.70. The fourth-order valence-corrected chi connectivity index (χ4v) is 1.95. The highest BCUT2D eigenvalue weighted by atomic mass is 32.2. The lowest BCUT2D eigenvalue weighted by Crippen LogP contribution is -2.20. The Morgan fingerprint density at radius 2 is 1.64 bits per heavy atom. The van der Waals surface area contributed by atoms with E-state index >= 15 is 0 Å². The van der Waals surface area contributed by atoms with Gasteiger partial charge < -0.3 is 0 Å². The van der Waals surface area contributed by atoms with Gasteiger partial charge in [-0.05, 0) is 14.0 Å². The smallest absolute Gasteiger partial charge is 0.204 e. The summed E-state index contributed by atoms with van der Waals surface area (Å²) in [6.07, 6.45) is 0. The first-order valence-electron chi connectivity index (χ1n) is 4.60. The molecule has 1 fully saturated rings. The Morgan fingerprint density at radius 3 is 1.79 bits per heavy atom. The SMILES string of the molecule is CC1SC(=O)CN1C.c1ccccc1. The predicted octanol–water partition coefficient (Wildman–Crippen LogP) is 2.22. The molecule has 76 valence electrons. The highest BCUT2D eigenvalue weighted by Gasteiger charge is 2.23. The van der Waals surface area contributed by atoms with Crippen molar-refractivity contribution in [2.75, 3.05) is 13.6 Å². The maximum atomic E-state index is 10.6. The molecule has 0 bridgehead atoms. The third-order valence-corrected chi connectivity index (χ3v) is 3.06. The zero-order chi connectivity index (χ0) is 10.4. The largest absolute Gasteiger partial charge is 0.286 e. The number of hydrogen-bond acceptors (Lipinski definition) is 3. The van der Waals surface area contributed by atoms with Gasteiger partial charge in [0.25, 0.3) is 0 Å². The molecule has 0 amide bonds. The monoisotopic (exact) mass is 209 g/mol. The van der Waals surface area contributed by atoms with Gasteiger partial charge in [-0.25, -0.2) is 0 Å². The van der Waals surface area contributed by atoms with Crippen molar-refractivity contribution in [2.45, 2.75) is 12.3 Å². The van der Waals surface area contributed by atoms with Crippen LogP contribution in [0.25, 0.3) is 0 Å². The maximum Gasteiger partial charge on any atom is 0.204 e. The number of likely N-dealkylation sites (N-methyl/N-ethyl adjacent to an activating group) is 1. The van der Waals surface area contributed by atoms with Crippen molar-refractivity contribution < 1.29 is 4.79 Å². The molecule has 2 nitrogen and oxygen atoms in total. The normalized spacial score (nSPS) is 21.6. The van der Waals surface area contributed by atoms with Crippen molar-refractivity contribution in [1.29, 1.82) is 0 Å². The lowest BCUT2D eigenvalue weighted by Gasteiger charge is -2.09. The molecule has 0 N–H and O–H groups in total. The van der Waals surface area contributed by atoms with E-state index in [4.69, 9.17) is 0 Å². The van der Waals surface area contributed by atoms with Crippen molar-refractivity contribution in [1.82, 2.24) is 4.90 Å². The Kier molecular flexibility index (Phi) is 4.70. The molecule has 0 saturated carbocycles. The van der Waals surface area contributed by atoms with Crippen LogP contribution < -0.4 is 0 Å². The first kappa shape index (κ1) is 11.3. The van der Waals surface area contributed by atoms with Gasteiger partial charge in [-0.15, -0.1) is 0 Å². The highest BCUT2D eigenvalue weighted by molar-refractivity contribution is 8.14. The van der Waals surface area contributed by atoms with Gasteiger partial charge >= 0.3 is 0 Å². The quantitative estimate of drug-likeness (QED) is 0.653. The van der Waals surface area contributed by atoms with Gasteiger partial charge in [0.05, 0.1) is 11.9 Å². The minimum atomic E-state index is 0.292. The van der Waals surface area contributed by atoms with Crippen LogP contribution in [0.5, 0.6) is 0 Å². The van der Waals surface area contributed by atoms with Crippen LogP contribution in [0.2, 0.25) is 0 Å². The van der Waals surface area contributed by atoms with E-state index in [1.165, 1.54) is 11.8 Å². The summed E-state index contributed by atoms with van der Waals surface area (Å²) in [7, 11) is 1.96. The standard InChI is InChI=1S/C6H6.C5H9NOS/c1-2-4-6-5-3-1;1-4-6(2)3-5(7)8-4/h1-6H;4H,3H2,1-2H3. The van der Waals surface area contributed by atoms with E-state index < -0.39 is 0 Å². The molecule has 1 heterocycles. The molecule has 0 spiro atoms. The molecule has 0 aliphatic carbocycles. The molecule has 1 aromatic carbocycles. The second kappa shape index (κ2) is 5.83. The number of thioether (sulfide) groups is 1. The lowest BCUT2D eigenvalue weighted by atomic mass is 10.4. The number of carbonyl (C=O) groups is 1. The molecular weight excluding hydrogens is 194 g/mol. The molecule has 14 heavy (non-hydrogen) atoms. The Bertz CT molecular complexity index is 237. The molecule has 1 aromatic rings. The average Bonchev–Trinajstić information content (AvgIpc) is 2.48. The Balaban J connectivity index is 0.000000146. The van der Waals surface area contributed by atoms with Crippen LogP contribution >= 0.6 is 11.8 Å². The maximum absolute atomic E-state index is 10.6. The van der Waals surface area contributed by atoms with Crippen molar-refractivity contribution in [3.63, 3.8) is 0 Å². The van der Waals surface area contributed by atoms with Crippen LogP contribution in [0.15, 0.2) is 36.4 Å². The Morgan fingerprint density at radius 1 is 1.21 bits per heavy atom. The minimum absolute atomic E-state index is 0.292. The molecule has 3 heteroatoms. The average molecular weight is 209 g/mol. The van der Waals surface area contributed by atoms with Gasteiger partial charge in [0.15, 0.2) is 0 Å². The zero-order valence-corrected chi connectivity index (χ0v) is 9.33. The van der Waals surface area contributed by atoms with Crippen LogP contribution in [0.4, 0.5) is 0 Å². The summed E-state index contributed by atoms with van der Waals surface area (Å²) in [6, 6.07) is 12.0. The third-order valence-electron chi connectivity index (χ3n) is 1.97. The second-order valence-electron chi connectivity index (χ2n) is 3.16. The van der Waals surface area contributed by atoms with Crippen molar-refractivity contribution in [3.8, 4) is 0 Å².